The molecule has 8 heteroatoms. The van der Waals surface area contributed by atoms with E-state index in [0.29, 0.717) is 27.7 Å². The van der Waals surface area contributed by atoms with E-state index in [0.717, 1.165) is 0 Å². The summed E-state index contributed by atoms with van der Waals surface area (Å²) in [5, 5.41) is 5.86. The van der Waals surface area contributed by atoms with Crippen LogP contribution in [0.15, 0.2) is 36.5 Å². The lowest BCUT2D eigenvalue weighted by atomic mass is 10.2. The van der Waals surface area contributed by atoms with Crippen molar-refractivity contribution in [2.75, 3.05) is 26.5 Å². The molecule has 1 aromatic carbocycles. The van der Waals surface area contributed by atoms with Gasteiger partial charge in [0.05, 0.1) is 24.4 Å². The molecule has 2 N–H and O–H groups in total. The number of amides is 3. The van der Waals surface area contributed by atoms with Gasteiger partial charge in [0.25, 0.3) is 5.91 Å². The third-order valence-electron chi connectivity index (χ3n) is 3.32. The zero-order chi connectivity index (χ0) is 18.4. The molecule has 3 amide bonds. The largest absolute Gasteiger partial charge is 0.495 e. The maximum absolute atomic E-state index is 12.4. The van der Waals surface area contributed by atoms with Gasteiger partial charge in [-0.3, -0.25) is 9.78 Å². The van der Waals surface area contributed by atoms with E-state index in [1.165, 1.54) is 18.2 Å². The molecule has 2 aromatic rings. The molecule has 25 heavy (non-hydrogen) atoms. The van der Waals surface area contributed by atoms with E-state index >= 15 is 0 Å². The predicted octanol–water partition coefficient (Wildman–Crippen LogP) is 2.77. The number of pyridine rings is 1. The number of hydrogen-bond donors (Lipinski definition) is 2. The van der Waals surface area contributed by atoms with Gasteiger partial charge in [-0.2, -0.15) is 0 Å². The molecule has 0 unspecified atom stereocenters. The topological polar surface area (TPSA) is 83.6 Å². The Hall–Kier alpha value is -2.80. The van der Waals surface area contributed by atoms with Gasteiger partial charge in [0.15, 0.2) is 0 Å². The first kappa shape index (κ1) is 18.5. The molecule has 0 bridgehead atoms. The summed E-state index contributed by atoms with van der Waals surface area (Å²) >= 11 is 6.05. The number of nitrogens with zero attached hydrogens (tertiary/aromatic N) is 2. The Labute approximate surface area is 150 Å². The highest BCUT2D eigenvalue weighted by atomic mass is 35.5. The second-order valence-corrected chi connectivity index (χ2v) is 5.80. The molecule has 0 saturated carbocycles. The zero-order valence-corrected chi connectivity index (χ0v) is 14.9. The first-order valence-electron chi connectivity index (χ1n) is 7.45. The highest BCUT2D eigenvalue weighted by molar-refractivity contribution is 6.32. The third kappa shape index (κ3) is 5.09. The average molecular weight is 363 g/mol. The van der Waals surface area contributed by atoms with Gasteiger partial charge < -0.3 is 20.3 Å². The van der Waals surface area contributed by atoms with E-state index in [2.05, 4.69) is 15.6 Å². The summed E-state index contributed by atoms with van der Waals surface area (Å²) < 4.78 is 5.08. The SMILES string of the molecule is COc1ccc(NC(=O)c2ccnc(CNC(=O)N(C)C)c2)cc1Cl. The molecule has 2 rings (SSSR count). The number of hydrogen-bond acceptors (Lipinski definition) is 4. The lowest BCUT2D eigenvalue weighted by molar-refractivity contribution is 0.102. The number of anilines is 1. The Bertz CT molecular complexity index is 780. The van der Waals surface area contributed by atoms with E-state index in [1.54, 1.807) is 44.4 Å². The minimum Gasteiger partial charge on any atom is -0.495 e. The van der Waals surface area contributed by atoms with Crippen molar-refractivity contribution in [1.29, 1.82) is 0 Å². The Kier molecular flexibility index (Phi) is 6.19. The van der Waals surface area contributed by atoms with Gasteiger partial charge in [0, 0.05) is 31.5 Å². The molecule has 0 spiro atoms. The first-order chi connectivity index (χ1) is 11.9. The minimum atomic E-state index is -0.302. The van der Waals surface area contributed by atoms with Crippen molar-refractivity contribution in [2.24, 2.45) is 0 Å². The number of methoxy groups -OCH3 is 1. The van der Waals surface area contributed by atoms with Crippen LogP contribution in [0.4, 0.5) is 10.5 Å². The summed E-state index contributed by atoms with van der Waals surface area (Å²) in [5.74, 6) is 0.228. The highest BCUT2D eigenvalue weighted by Crippen LogP contribution is 2.27. The molecule has 132 valence electrons. The molecule has 0 saturated heterocycles. The minimum absolute atomic E-state index is 0.229. The third-order valence-corrected chi connectivity index (χ3v) is 3.61. The fourth-order valence-electron chi connectivity index (χ4n) is 1.99. The molecule has 0 aliphatic heterocycles. The van der Waals surface area contributed by atoms with Gasteiger partial charge in [-0.05, 0) is 30.3 Å². The van der Waals surface area contributed by atoms with Gasteiger partial charge in [-0.25, -0.2) is 4.79 Å². The standard InChI is InChI=1S/C17H19ClN4O3/c1-22(2)17(24)20-10-13-8-11(6-7-19-13)16(23)21-12-4-5-15(25-3)14(18)9-12/h4-9H,10H2,1-3H3,(H,20,24)(H,21,23). The highest BCUT2D eigenvalue weighted by Gasteiger charge is 2.10. The summed E-state index contributed by atoms with van der Waals surface area (Å²) in [7, 11) is 4.81. The zero-order valence-electron chi connectivity index (χ0n) is 14.2. The number of ether oxygens (including phenoxy) is 1. The van der Waals surface area contributed by atoms with Crippen LogP contribution >= 0.6 is 11.6 Å². The molecule has 7 nitrogen and oxygen atoms in total. The van der Waals surface area contributed by atoms with Crippen molar-refractivity contribution in [2.45, 2.75) is 6.54 Å². The van der Waals surface area contributed by atoms with Crippen LogP contribution in [0.3, 0.4) is 0 Å². The number of carbonyl (C=O) groups excluding carboxylic acids is 2. The van der Waals surface area contributed by atoms with Gasteiger partial charge >= 0.3 is 6.03 Å². The normalized spacial score (nSPS) is 10.1. The maximum atomic E-state index is 12.4. The van der Waals surface area contributed by atoms with E-state index in [1.807, 2.05) is 0 Å². The summed E-state index contributed by atoms with van der Waals surface area (Å²) in [4.78, 5) is 29.5. The molecule has 1 heterocycles. The number of urea groups is 1. The summed E-state index contributed by atoms with van der Waals surface area (Å²) in [6, 6.07) is 7.96. The fraction of sp³-hybridized carbons (Fsp3) is 0.235. The molecule has 1 aromatic heterocycles. The van der Waals surface area contributed by atoms with Crippen molar-refractivity contribution >= 4 is 29.2 Å². The molecule has 0 radical (unpaired) electrons. The van der Waals surface area contributed by atoms with E-state index in [9.17, 15) is 9.59 Å². The van der Waals surface area contributed by atoms with Crippen molar-refractivity contribution < 1.29 is 14.3 Å². The first-order valence-corrected chi connectivity index (χ1v) is 7.83. The molecule has 0 aliphatic rings. The predicted molar refractivity (Wildman–Crippen MR) is 96.1 cm³/mol. The number of rotatable bonds is 5. The molecular weight excluding hydrogens is 344 g/mol. The van der Waals surface area contributed by atoms with Crippen molar-refractivity contribution in [3.8, 4) is 5.75 Å². The van der Waals surface area contributed by atoms with Crippen molar-refractivity contribution in [1.82, 2.24) is 15.2 Å². The van der Waals surface area contributed by atoms with Crippen molar-refractivity contribution in [3.63, 3.8) is 0 Å². The van der Waals surface area contributed by atoms with Gasteiger partial charge in [-0.15, -0.1) is 0 Å². The lowest BCUT2D eigenvalue weighted by Crippen LogP contribution is -2.34. The Morgan fingerprint density at radius 3 is 2.64 bits per heavy atom. The number of carbonyl (C=O) groups is 2. The monoisotopic (exact) mass is 362 g/mol. The van der Waals surface area contributed by atoms with Gasteiger partial charge in [0.1, 0.15) is 5.75 Å². The fourth-order valence-corrected chi connectivity index (χ4v) is 2.25. The Morgan fingerprint density at radius 2 is 2.00 bits per heavy atom. The van der Waals surface area contributed by atoms with E-state index < -0.39 is 0 Å². The van der Waals surface area contributed by atoms with Crippen LogP contribution in [0.5, 0.6) is 5.75 Å². The second kappa shape index (κ2) is 8.34. The van der Waals surface area contributed by atoms with Crippen molar-refractivity contribution in [3.05, 3.63) is 52.8 Å². The lowest BCUT2D eigenvalue weighted by Gasteiger charge is -2.12. The second-order valence-electron chi connectivity index (χ2n) is 5.39. The van der Waals surface area contributed by atoms with E-state index in [-0.39, 0.29) is 18.5 Å². The van der Waals surface area contributed by atoms with Crippen LogP contribution in [0, 0.1) is 0 Å². The summed E-state index contributed by atoms with van der Waals surface area (Å²) in [6.45, 7) is 0.229. The van der Waals surface area contributed by atoms with Crippen LogP contribution in [-0.2, 0) is 6.54 Å². The van der Waals surface area contributed by atoms with Crippen LogP contribution in [-0.4, -0.2) is 43.0 Å². The number of benzene rings is 1. The maximum Gasteiger partial charge on any atom is 0.317 e. The summed E-state index contributed by atoms with van der Waals surface area (Å²) in [5.41, 5.74) is 1.56. The van der Waals surface area contributed by atoms with Crippen LogP contribution < -0.4 is 15.4 Å². The average Bonchev–Trinajstić information content (AvgIpc) is 2.60. The number of halogens is 1. The molecule has 0 atom stereocenters. The quantitative estimate of drug-likeness (QED) is 0.856. The smallest absolute Gasteiger partial charge is 0.317 e. The summed E-state index contributed by atoms with van der Waals surface area (Å²) in [6.07, 6.45) is 1.52. The van der Waals surface area contributed by atoms with E-state index in [4.69, 9.17) is 16.3 Å². The Morgan fingerprint density at radius 1 is 1.24 bits per heavy atom. The molecule has 0 aliphatic carbocycles. The van der Waals surface area contributed by atoms with Crippen LogP contribution in [0.1, 0.15) is 16.1 Å². The van der Waals surface area contributed by atoms with Crippen LogP contribution in [0.25, 0.3) is 0 Å². The molecule has 0 fully saturated rings. The number of nitrogens with one attached hydrogen (secondary N) is 2. The van der Waals surface area contributed by atoms with Gasteiger partial charge in [0.2, 0.25) is 0 Å². The van der Waals surface area contributed by atoms with Crippen LogP contribution in [0.2, 0.25) is 5.02 Å². The number of aromatic nitrogens is 1. The van der Waals surface area contributed by atoms with Gasteiger partial charge in [-0.1, -0.05) is 11.6 Å². The Balaban J connectivity index is 2.05. The molecular formula is C17H19ClN4O3.